The summed E-state index contributed by atoms with van der Waals surface area (Å²) in [7, 11) is -0.237. The molecule has 4 bridgehead atoms. The SMILES string of the molecule is CN(C)c1cc(-c2ccc(OCCNCC(O)c3ccc4cc3NS(=O)(=O)c3cccc(c3)CO4)cc2)ccc1C(=O)O. The van der Waals surface area contributed by atoms with Gasteiger partial charge in [-0.05, 0) is 59.2 Å². The van der Waals surface area contributed by atoms with Crippen molar-refractivity contribution in [2.24, 2.45) is 0 Å². The van der Waals surface area contributed by atoms with Crippen molar-refractivity contribution in [3.8, 4) is 22.6 Å². The van der Waals surface area contributed by atoms with Crippen molar-refractivity contribution >= 4 is 27.4 Å². The third-order valence-corrected chi connectivity index (χ3v) is 8.39. The molecule has 0 aliphatic carbocycles. The van der Waals surface area contributed by atoms with Crippen LogP contribution in [0.4, 0.5) is 11.4 Å². The number of nitrogens with zero attached hydrogens (tertiary/aromatic N) is 1. The van der Waals surface area contributed by atoms with E-state index in [9.17, 15) is 23.4 Å². The Bertz CT molecular complexity index is 1720. The molecule has 1 atom stereocenters. The molecular formula is C32H33N3O7S. The van der Waals surface area contributed by atoms with Gasteiger partial charge < -0.3 is 29.9 Å². The number of nitrogens with one attached hydrogen (secondary N) is 2. The summed E-state index contributed by atoms with van der Waals surface area (Å²) in [4.78, 5) is 13.4. The van der Waals surface area contributed by atoms with E-state index in [4.69, 9.17) is 9.47 Å². The Labute approximate surface area is 250 Å². The van der Waals surface area contributed by atoms with Gasteiger partial charge in [-0.15, -0.1) is 0 Å². The quantitative estimate of drug-likeness (QED) is 0.193. The standard InChI is InChI=1S/C32H33N3O7S/c1-35(2)30-17-23(8-12-28(30)32(37)38)22-6-9-24(10-7-22)41-15-14-33-19-31(36)27-13-11-25-18-29(27)34-43(39,40)26-5-3-4-21(16-26)20-42-25/h3-13,16-18,31,33-34,36H,14-15,19-20H2,1-2H3,(H,37,38). The number of aromatic carboxylic acids is 1. The van der Waals surface area contributed by atoms with E-state index in [1.807, 2.05) is 30.3 Å². The number of aliphatic hydroxyl groups is 1. The van der Waals surface area contributed by atoms with Crippen LogP contribution >= 0.6 is 0 Å². The van der Waals surface area contributed by atoms with Crippen LogP contribution in [-0.4, -0.2) is 58.4 Å². The summed E-state index contributed by atoms with van der Waals surface area (Å²) in [6.07, 6.45) is -0.986. The van der Waals surface area contributed by atoms with Crippen molar-refractivity contribution in [2.45, 2.75) is 17.6 Å². The van der Waals surface area contributed by atoms with Gasteiger partial charge >= 0.3 is 5.97 Å². The Hall–Kier alpha value is -4.58. The third kappa shape index (κ3) is 7.08. The first-order valence-electron chi connectivity index (χ1n) is 13.7. The van der Waals surface area contributed by atoms with Crippen LogP contribution in [0.15, 0.2) is 89.8 Å². The van der Waals surface area contributed by atoms with Gasteiger partial charge in [0, 0.05) is 38.8 Å². The molecule has 0 fully saturated rings. The van der Waals surface area contributed by atoms with Crippen LogP contribution in [-0.2, 0) is 16.6 Å². The summed E-state index contributed by atoms with van der Waals surface area (Å²) in [5.74, 6) is 0.182. The van der Waals surface area contributed by atoms with Crippen molar-refractivity contribution < 1.29 is 32.9 Å². The summed E-state index contributed by atoms with van der Waals surface area (Å²) >= 11 is 0. The normalized spacial score (nSPS) is 14.1. The molecule has 1 unspecified atom stereocenters. The van der Waals surface area contributed by atoms with Crippen molar-refractivity contribution in [1.82, 2.24) is 5.32 Å². The van der Waals surface area contributed by atoms with Gasteiger partial charge in [0.05, 0.1) is 27.9 Å². The molecule has 43 heavy (non-hydrogen) atoms. The fraction of sp³-hybridized carbons (Fsp3) is 0.219. The highest BCUT2D eigenvalue weighted by Gasteiger charge is 2.21. The van der Waals surface area contributed by atoms with Crippen LogP contribution in [0.5, 0.6) is 11.5 Å². The molecule has 224 valence electrons. The molecule has 0 saturated carbocycles. The van der Waals surface area contributed by atoms with Gasteiger partial charge in [0.15, 0.2) is 0 Å². The summed E-state index contributed by atoms with van der Waals surface area (Å²) in [5.41, 5.74) is 4.10. The number of rotatable bonds is 10. The molecule has 1 heterocycles. The number of carbonyl (C=O) groups is 1. The predicted molar refractivity (Wildman–Crippen MR) is 165 cm³/mol. The molecule has 0 amide bonds. The molecule has 11 heteroatoms. The van der Waals surface area contributed by atoms with E-state index < -0.39 is 22.1 Å². The molecular weight excluding hydrogens is 570 g/mol. The summed E-state index contributed by atoms with van der Waals surface area (Å²) < 4.78 is 40.2. The maximum absolute atomic E-state index is 13.0. The number of sulfonamides is 1. The zero-order valence-electron chi connectivity index (χ0n) is 23.8. The van der Waals surface area contributed by atoms with Gasteiger partial charge in [-0.3, -0.25) is 4.72 Å². The summed E-state index contributed by atoms with van der Waals surface area (Å²) in [6, 6.07) is 24.2. The number of carboxylic acid groups (broad SMARTS) is 1. The smallest absolute Gasteiger partial charge is 0.337 e. The summed E-state index contributed by atoms with van der Waals surface area (Å²) in [5, 5.41) is 23.5. The molecule has 4 aromatic carbocycles. The Morgan fingerprint density at radius 1 is 1.02 bits per heavy atom. The predicted octanol–water partition coefficient (Wildman–Crippen LogP) is 4.51. The monoisotopic (exact) mass is 603 g/mol. The molecule has 0 saturated heterocycles. The second-order valence-corrected chi connectivity index (χ2v) is 12.0. The van der Waals surface area contributed by atoms with Gasteiger partial charge in [-0.2, -0.15) is 0 Å². The zero-order valence-corrected chi connectivity index (χ0v) is 24.6. The molecule has 5 rings (SSSR count). The van der Waals surface area contributed by atoms with E-state index in [1.165, 1.54) is 6.07 Å². The van der Waals surface area contributed by atoms with Gasteiger partial charge in [0.2, 0.25) is 0 Å². The van der Waals surface area contributed by atoms with E-state index in [-0.39, 0.29) is 29.3 Å². The number of ether oxygens (including phenoxy) is 2. The largest absolute Gasteiger partial charge is 0.492 e. The van der Waals surface area contributed by atoms with Crippen molar-refractivity contribution in [2.75, 3.05) is 43.4 Å². The average Bonchev–Trinajstić information content (AvgIpc) is 2.99. The van der Waals surface area contributed by atoms with Gasteiger partial charge in [0.1, 0.15) is 24.7 Å². The number of aliphatic hydroxyl groups excluding tert-OH is 1. The second-order valence-electron chi connectivity index (χ2n) is 10.3. The molecule has 0 radical (unpaired) electrons. The molecule has 4 N–H and O–H groups in total. The third-order valence-electron chi connectivity index (χ3n) is 7.03. The van der Waals surface area contributed by atoms with E-state index >= 15 is 0 Å². The highest BCUT2D eigenvalue weighted by molar-refractivity contribution is 7.92. The Balaban J connectivity index is 1.16. The molecule has 10 nitrogen and oxygen atoms in total. The number of fused-ring (bicyclic) bond motifs is 4. The van der Waals surface area contributed by atoms with Gasteiger partial charge in [-0.1, -0.05) is 36.4 Å². The number of hydrogen-bond acceptors (Lipinski definition) is 8. The van der Waals surface area contributed by atoms with Crippen molar-refractivity contribution in [1.29, 1.82) is 0 Å². The van der Waals surface area contributed by atoms with Crippen LogP contribution in [0.1, 0.15) is 27.6 Å². The average molecular weight is 604 g/mol. The lowest BCUT2D eigenvalue weighted by atomic mass is 10.0. The Morgan fingerprint density at radius 2 is 1.79 bits per heavy atom. The molecule has 4 aromatic rings. The minimum Gasteiger partial charge on any atom is -0.492 e. The first-order valence-corrected chi connectivity index (χ1v) is 15.1. The van der Waals surface area contributed by atoms with Crippen LogP contribution in [0.2, 0.25) is 0 Å². The lowest BCUT2D eigenvalue weighted by Gasteiger charge is -2.20. The van der Waals surface area contributed by atoms with E-state index in [0.29, 0.717) is 35.9 Å². The molecule has 1 aliphatic heterocycles. The van der Waals surface area contributed by atoms with Crippen LogP contribution < -0.4 is 24.4 Å². The Morgan fingerprint density at radius 3 is 2.53 bits per heavy atom. The number of benzene rings is 4. The number of carboxylic acids is 1. The lowest BCUT2D eigenvalue weighted by Crippen LogP contribution is -2.27. The van der Waals surface area contributed by atoms with Gasteiger partial charge in [-0.25, -0.2) is 13.2 Å². The topological polar surface area (TPSA) is 137 Å². The second kappa shape index (κ2) is 12.7. The fourth-order valence-electron chi connectivity index (χ4n) is 4.77. The lowest BCUT2D eigenvalue weighted by molar-refractivity contribution is 0.0697. The minimum atomic E-state index is -3.85. The van der Waals surface area contributed by atoms with E-state index in [1.54, 1.807) is 67.5 Å². The first-order chi connectivity index (χ1) is 20.6. The number of hydrogen-bond donors (Lipinski definition) is 4. The maximum atomic E-state index is 13.0. The fourth-order valence-corrected chi connectivity index (χ4v) is 5.92. The van der Waals surface area contributed by atoms with E-state index in [2.05, 4.69) is 10.0 Å². The highest BCUT2D eigenvalue weighted by Crippen LogP contribution is 2.32. The maximum Gasteiger partial charge on any atom is 0.337 e. The minimum absolute atomic E-state index is 0.124. The van der Waals surface area contributed by atoms with E-state index in [0.717, 1.165) is 16.7 Å². The van der Waals surface area contributed by atoms with Gasteiger partial charge in [0.25, 0.3) is 10.0 Å². The van der Waals surface area contributed by atoms with Crippen molar-refractivity contribution in [3.63, 3.8) is 0 Å². The summed E-state index contributed by atoms with van der Waals surface area (Å²) in [6.45, 7) is 1.18. The molecule has 0 aromatic heterocycles. The number of anilines is 2. The zero-order chi connectivity index (χ0) is 30.6. The van der Waals surface area contributed by atoms with Crippen molar-refractivity contribution in [3.05, 3.63) is 102 Å². The van der Waals surface area contributed by atoms with Crippen LogP contribution in [0.25, 0.3) is 11.1 Å². The molecule has 1 aliphatic rings. The highest BCUT2D eigenvalue weighted by atomic mass is 32.2. The van der Waals surface area contributed by atoms with Crippen LogP contribution in [0, 0.1) is 0 Å². The first kappa shape index (κ1) is 29.9. The van der Waals surface area contributed by atoms with Crippen LogP contribution in [0.3, 0.4) is 0 Å². The Kier molecular flexibility index (Phi) is 8.86. The molecule has 0 spiro atoms.